The number of alkyl halides is 1. The molecule has 0 saturated carbocycles. The zero-order valence-corrected chi connectivity index (χ0v) is 10.1. The van der Waals surface area contributed by atoms with Gasteiger partial charge in [-0.1, -0.05) is 18.2 Å². The largest absolute Gasteiger partial charge is 0.382 e. The Labute approximate surface area is 96.6 Å². The Balaban J connectivity index is 2.36. The standard InChI is InChI=1S/C12H18ClNO/c1-10(2)15-8-7-14-12-6-4-3-5-11(12)9-13/h3-6,10,14H,7-9H2,1-2H3. The lowest BCUT2D eigenvalue weighted by molar-refractivity contribution is 0.0870. The van der Waals surface area contributed by atoms with Gasteiger partial charge in [0.15, 0.2) is 0 Å². The van der Waals surface area contributed by atoms with Crippen molar-refractivity contribution >= 4 is 17.3 Å². The molecule has 0 unspecified atom stereocenters. The summed E-state index contributed by atoms with van der Waals surface area (Å²) in [4.78, 5) is 0. The van der Waals surface area contributed by atoms with E-state index in [-0.39, 0.29) is 6.10 Å². The molecule has 0 atom stereocenters. The minimum absolute atomic E-state index is 0.287. The van der Waals surface area contributed by atoms with Crippen LogP contribution in [0.1, 0.15) is 19.4 Å². The monoisotopic (exact) mass is 227 g/mol. The molecule has 0 bridgehead atoms. The summed E-state index contributed by atoms with van der Waals surface area (Å²) in [5.41, 5.74) is 2.23. The molecule has 0 fully saturated rings. The molecule has 0 aliphatic carbocycles. The lowest BCUT2D eigenvalue weighted by atomic mass is 10.2. The maximum absolute atomic E-state index is 5.82. The number of halogens is 1. The Hall–Kier alpha value is -0.730. The van der Waals surface area contributed by atoms with Gasteiger partial charge in [-0.15, -0.1) is 11.6 Å². The molecule has 1 N–H and O–H groups in total. The van der Waals surface area contributed by atoms with Crippen LogP contribution in [-0.2, 0) is 10.6 Å². The predicted octanol–water partition coefficient (Wildman–Crippen LogP) is 3.26. The van der Waals surface area contributed by atoms with Crippen molar-refractivity contribution in [3.8, 4) is 0 Å². The number of nitrogens with one attached hydrogen (secondary N) is 1. The highest BCUT2D eigenvalue weighted by atomic mass is 35.5. The molecule has 15 heavy (non-hydrogen) atoms. The first-order chi connectivity index (χ1) is 7.24. The van der Waals surface area contributed by atoms with Gasteiger partial charge >= 0.3 is 0 Å². The lowest BCUT2D eigenvalue weighted by Crippen LogP contribution is -2.13. The highest BCUT2D eigenvalue weighted by Gasteiger charge is 1.99. The average molecular weight is 228 g/mol. The van der Waals surface area contributed by atoms with Crippen molar-refractivity contribution < 1.29 is 4.74 Å². The van der Waals surface area contributed by atoms with Gasteiger partial charge in [0.2, 0.25) is 0 Å². The summed E-state index contributed by atoms with van der Waals surface area (Å²) in [6.07, 6.45) is 0.287. The van der Waals surface area contributed by atoms with E-state index in [1.165, 1.54) is 0 Å². The number of rotatable bonds is 6. The number of benzene rings is 1. The number of ether oxygens (including phenoxy) is 1. The van der Waals surface area contributed by atoms with Crippen LogP contribution in [0.5, 0.6) is 0 Å². The predicted molar refractivity (Wildman–Crippen MR) is 65.6 cm³/mol. The summed E-state index contributed by atoms with van der Waals surface area (Å²) in [5, 5.41) is 3.31. The fourth-order valence-corrected chi connectivity index (χ4v) is 1.52. The van der Waals surface area contributed by atoms with Crippen LogP contribution in [0.4, 0.5) is 5.69 Å². The minimum atomic E-state index is 0.287. The van der Waals surface area contributed by atoms with Crippen LogP contribution in [-0.4, -0.2) is 19.3 Å². The molecule has 0 aromatic heterocycles. The molecule has 0 spiro atoms. The van der Waals surface area contributed by atoms with Crippen LogP contribution < -0.4 is 5.32 Å². The first-order valence-corrected chi connectivity index (χ1v) is 5.77. The average Bonchev–Trinajstić information content (AvgIpc) is 2.24. The van der Waals surface area contributed by atoms with E-state index in [4.69, 9.17) is 16.3 Å². The highest BCUT2D eigenvalue weighted by molar-refractivity contribution is 6.17. The van der Waals surface area contributed by atoms with Crippen molar-refractivity contribution in [2.24, 2.45) is 0 Å². The molecular weight excluding hydrogens is 210 g/mol. The fourth-order valence-electron chi connectivity index (χ4n) is 1.29. The van der Waals surface area contributed by atoms with Crippen LogP contribution >= 0.6 is 11.6 Å². The Morgan fingerprint density at radius 1 is 1.33 bits per heavy atom. The van der Waals surface area contributed by atoms with Crippen LogP contribution in [0, 0.1) is 0 Å². The summed E-state index contributed by atoms with van der Waals surface area (Å²) in [6.45, 7) is 5.60. The van der Waals surface area contributed by atoms with Crippen molar-refractivity contribution in [3.05, 3.63) is 29.8 Å². The third kappa shape index (κ3) is 4.54. The second-order valence-electron chi connectivity index (χ2n) is 3.64. The summed E-state index contributed by atoms with van der Waals surface area (Å²) < 4.78 is 5.44. The quantitative estimate of drug-likeness (QED) is 0.595. The van der Waals surface area contributed by atoms with Crippen LogP contribution in [0.15, 0.2) is 24.3 Å². The second kappa shape index (κ2) is 6.70. The third-order valence-electron chi connectivity index (χ3n) is 2.03. The van der Waals surface area contributed by atoms with Gasteiger partial charge in [-0.25, -0.2) is 0 Å². The SMILES string of the molecule is CC(C)OCCNc1ccccc1CCl. The second-order valence-corrected chi connectivity index (χ2v) is 3.90. The smallest absolute Gasteiger partial charge is 0.0642 e. The Morgan fingerprint density at radius 2 is 2.07 bits per heavy atom. The van der Waals surface area contributed by atoms with E-state index in [1.807, 2.05) is 38.1 Å². The summed E-state index contributed by atoms with van der Waals surface area (Å²) in [6, 6.07) is 8.06. The molecule has 0 amide bonds. The lowest BCUT2D eigenvalue weighted by Gasteiger charge is -2.11. The Morgan fingerprint density at radius 3 is 2.73 bits per heavy atom. The van der Waals surface area contributed by atoms with Gasteiger partial charge in [0, 0.05) is 18.1 Å². The van der Waals surface area contributed by atoms with Crippen molar-refractivity contribution in [2.75, 3.05) is 18.5 Å². The van der Waals surface area contributed by atoms with Crippen LogP contribution in [0.2, 0.25) is 0 Å². The number of hydrogen-bond acceptors (Lipinski definition) is 2. The van der Waals surface area contributed by atoms with Gasteiger partial charge in [0.05, 0.1) is 12.7 Å². The molecule has 1 aromatic carbocycles. The van der Waals surface area contributed by atoms with Crippen molar-refractivity contribution in [1.29, 1.82) is 0 Å². The highest BCUT2D eigenvalue weighted by Crippen LogP contribution is 2.16. The van der Waals surface area contributed by atoms with Crippen molar-refractivity contribution in [2.45, 2.75) is 25.8 Å². The molecule has 0 radical (unpaired) electrons. The molecule has 0 aliphatic heterocycles. The molecule has 84 valence electrons. The molecule has 0 heterocycles. The van der Waals surface area contributed by atoms with Gasteiger partial charge in [-0.3, -0.25) is 0 Å². The first-order valence-electron chi connectivity index (χ1n) is 5.23. The van der Waals surface area contributed by atoms with Gasteiger partial charge in [-0.05, 0) is 25.5 Å². The molecule has 3 heteroatoms. The zero-order valence-electron chi connectivity index (χ0n) is 9.29. The first kappa shape index (κ1) is 12.3. The van der Waals surface area contributed by atoms with Crippen molar-refractivity contribution in [3.63, 3.8) is 0 Å². The van der Waals surface area contributed by atoms with Gasteiger partial charge in [-0.2, -0.15) is 0 Å². The van der Waals surface area contributed by atoms with Crippen LogP contribution in [0.25, 0.3) is 0 Å². The van der Waals surface area contributed by atoms with E-state index in [0.717, 1.165) is 17.8 Å². The van der Waals surface area contributed by atoms with E-state index in [0.29, 0.717) is 12.5 Å². The number of hydrogen-bond donors (Lipinski definition) is 1. The Kier molecular flexibility index (Phi) is 5.51. The maximum atomic E-state index is 5.82. The fraction of sp³-hybridized carbons (Fsp3) is 0.500. The molecule has 0 aliphatic rings. The topological polar surface area (TPSA) is 21.3 Å². The zero-order chi connectivity index (χ0) is 11.1. The minimum Gasteiger partial charge on any atom is -0.382 e. The van der Waals surface area contributed by atoms with Gasteiger partial charge in [0.1, 0.15) is 0 Å². The molecule has 2 nitrogen and oxygen atoms in total. The van der Waals surface area contributed by atoms with Crippen LogP contribution in [0.3, 0.4) is 0 Å². The third-order valence-corrected chi connectivity index (χ3v) is 2.32. The van der Waals surface area contributed by atoms with E-state index in [2.05, 4.69) is 5.32 Å². The molecule has 1 aromatic rings. The number of anilines is 1. The van der Waals surface area contributed by atoms with Gasteiger partial charge < -0.3 is 10.1 Å². The summed E-state index contributed by atoms with van der Waals surface area (Å²) in [5.74, 6) is 0.536. The van der Waals surface area contributed by atoms with E-state index in [1.54, 1.807) is 0 Å². The Bertz CT molecular complexity index is 289. The van der Waals surface area contributed by atoms with Crippen molar-refractivity contribution in [1.82, 2.24) is 0 Å². The van der Waals surface area contributed by atoms with E-state index in [9.17, 15) is 0 Å². The number of para-hydroxylation sites is 1. The molecule has 0 saturated heterocycles. The maximum Gasteiger partial charge on any atom is 0.0642 e. The summed E-state index contributed by atoms with van der Waals surface area (Å²) >= 11 is 5.82. The van der Waals surface area contributed by atoms with E-state index >= 15 is 0 Å². The molecular formula is C12H18ClNO. The molecule has 1 rings (SSSR count). The summed E-state index contributed by atoms with van der Waals surface area (Å²) in [7, 11) is 0. The van der Waals surface area contributed by atoms with Gasteiger partial charge in [0.25, 0.3) is 0 Å². The van der Waals surface area contributed by atoms with E-state index < -0.39 is 0 Å². The normalized spacial score (nSPS) is 10.7.